The summed E-state index contributed by atoms with van der Waals surface area (Å²) >= 11 is 5.34. The average molecular weight is 352 g/mol. The first-order valence-corrected chi connectivity index (χ1v) is 8.05. The lowest BCUT2D eigenvalue weighted by molar-refractivity contribution is 0.413. The largest absolute Gasteiger partial charge is 0.497 e. The third kappa shape index (κ3) is 4.27. The van der Waals surface area contributed by atoms with Crippen LogP contribution >= 0.6 is 27.7 Å². The van der Waals surface area contributed by atoms with Gasteiger partial charge in [0, 0.05) is 20.3 Å². The second-order valence-electron chi connectivity index (χ2n) is 4.72. The van der Waals surface area contributed by atoms with Gasteiger partial charge in [-0.1, -0.05) is 39.8 Å². The molecule has 0 bridgehead atoms. The zero-order valence-corrected chi connectivity index (χ0v) is 14.0. The van der Waals surface area contributed by atoms with Crippen LogP contribution in [-0.4, -0.2) is 13.2 Å². The zero-order chi connectivity index (χ0) is 14.5. The minimum atomic E-state index is 0.170. The second kappa shape index (κ2) is 7.16. The van der Waals surface area contributed by atoms with Gasteiger partial charge in [-0.3, -0.25) is 0 Å². The van der Waals surface area contributed by atoms with Gasteiger partial charge in [0.2, 0.25) is 0 Å². The van der Waals surface area contributed by atoms with Gasteiger partial charge in [-0.15, -0.1) is 0 Å². The Balaban J connectivity index is 2.15. The minimum absolute atomic E-state index is 0.170. The van der Waals surface area contributed by atoms with E-state index in [0.717, 1.165) is 21.5 Å². The van der Waals surface area contributed by atoms with Gasteiger partial charge < -0.3 is 10.5 Å². The number of nitrogens with two attached hydrogens (primary N) is 1. The van der Waals surface area contributed by atoms with Crippen molar-refractivity contribution in [3.8, 4) is 5.75 Å². The van der Waals surface area contributed by atoms with E-state index >= 15 is 0 Å². The summed E-state index contributed by atoms with van der Waals surface area (Å²) in [4.78, 5) is 2.36. The molecule has 106 valence electrons. The molecule has 0 saturated heterocycles. The molecule has 2 N–H and O–H groups in total. The Morgan fingerprint density at radius 2 is 1.95 bits per heavy atom. The standard InChI is InChI=1S/C16H18BrNOS/c1-11(18)8-12-6-7-15(10-16(12)17)20-14-5-3-4-13(9-14)19-2/h3-7,9-11H,8,18H2,1-2H3. The molecule has 0 spiro atoms. The van der Waals surface area contributed by atoms with Crippen LogP contribution in [0.5, 0.6) is 5.75 Å². The van der Waals surface area contributed by atoms with E-state index in [-0.39, 0.29) is 6.04 Å². The van der Waals surface area contributed by atoms with Crippen molar-refractivity contribution in [3.05, 3.63) is 52.5 Å². The first kappa shape index (κ1) is 15.4. The lowest BCUT2D eigenvalue weighted by Gasteiger charge is -2.10. The van der Waals surface area contributed by atoms with Crippen LogP contribution in [0.25, 0.3) is 0 Å². The number of ether oxygens (including phenoxy) is 1. The molecule has 2 aromatic rings. The molecule has 1 atom stereocenters. The fourth-order valence-electron chi connectivity index (χ4n) is 1.90. The van der Waals surface area contributed by atoms with E-state index in [1.165, 1.54) is 10.5 Å². The van der Waals surface area contributed by atoms with Gasteiger partial charge in [-0.25, -0.2) is 0 Å². The molecular weight excluding hydrogens is 334 g/mol. The van der Waals surface area contributed by atoms with E-state index in [0.29, 0.717) is 0 Å². The first-order chi connectivity index (χ1) is 9.58. The Morgan fingerprint density at radius 3 is 2.60 bits per heavy atom. The van der Waals surface area contributed by atoms with Crippen LogP contribution in [0.4, 0.5) is 0 Å². The zero-order valence-electron chi connectivity index (χ0n) is 11.6. The first-order valence-electron chi connectivity index (χ1n) is 6.44. The molecular formula is C16H18BrNOS. The van der Waals surface area contributed by atoms with Gasteiger partial charge in [0.15, 0.2) is 0 Å². The van der Waals surface area contributed by atoms with Gasteiger partial charge in [-0.2, -0.15) is 0 Å². The van der Waals surface area contributed by atoms with Crippen LogP contribution in [0.2, 0.25) is 0 Å². The summed E-state index contributed by atoms with van der Waals surface area (Å²) in [5.74, 6) is 0.877. The van der Waals surface area contributed by atoms with Crippen LogP contribution in [0.3, 0.4) is 0 Å². The van der Waals surface area contributed by atoms with Gasteiger partial charge in [0.05, 0.1) is 7.11 Å². The van der Waals surface area contributed by atoms with Crippen molar-refractivity contribution in [2.45, 2.75) is 29.2 Å². The maximum absolute atomic E-state index is 5.85. The number of hydrogen-bond acceptors (Lipinski definition) is 3. The number of rotatable bonds is 5. The molecule has 0 fully saturated rings. The Bertz CT molecular complexity index is 586. The van der Waals surface area contributed by atoms with E-state index < -0.39 is 0 Å². The summed E-state index contributed by atoms with van der Waals surface area (Å²) in [6.45, 7) is 2.02. The van der Waals surface area contributed by atoms with E-state index in [9.17, 15) is 0 Å². The molecule has 4 heteroatoms. The molecule has 2 aromatic carbocycles. The summed E-state index contributed by atoms with van der Waals surface area (Å²) in [6, 6.07) is 14.6. The van der Waals surface area contributed by atoms with Crippen molar-refractivity contribution in [3.63, 3.8) is 0 Å². The Kier molecular flexibility index (Phi) is 5.52. The highest BCUT2D eigenvalue weighted by atomic mass is 79.9. The fourth-order valence-corrected chi connectivity index (χ4v) is 3.50. The topological polar surface area (TPSA) is 35.2 Å². The van der Waals surface area contributed by atoms with Crippen molar-refractivity contribution in [1.29, 1.82) is 0 Å². The number of methoxy groups -OCH3 is 1. The molecule has 0 aromatic heterocycles. The SMILES string of the molecule is COc1cccc(Sc2ccc(CC(C)N)c(Br)c2)c1. The maximum atomic E-state index is 5.85. The predicted molar refractivity (Wildman–Crippen MR) is 88.6 cm³/mol. The Hall–Kier alpha value is -0.970. The van der Waals surface area contributed by atoms with Gasteiger partial charge >= 0.3 is 0 Å². The smallest absolute Gasteiger partial charge is 0.119 e. The monoisotopic (exact) mass is 351 g/mol. The maximum Gasteiger partial charge on any atom is 0.119 e. The van der Waals surface area contributed by atoms with Crippen molar-refractivity contribution in [1.82, 2.24) is 0 Å². The van der Waals surface area contributed by atoms with Crippen LogP contribution in [0, 0.1) is 0 Å². The van der Waals surface area contributed by atoms with Crippen LogP contribution < -0.4 is 10.5 Å². The summed E-state index contributed by atoms with van der Waals surface area (Å²) in [6.07, 6.45) is 0.880. The third-order valence-electron chi connectivity index (χ3n) is 2.84. The summed E-state index contributed by atoms with van der Waals surface area (Å²) in [5, 5.41) is 0. The second-order valence-corrected chi connectivity index (χ2v) is 6.72. The average Bonchev–Trinajstić information content (AvgIpc) is 2.42. The number of halogens is 1. The molecule has 20 heavy (non-hydrogen) atoms. The minimum Gasteiger partial charge on any atom is -0.497 e. The van der Waals surface area contributed by atoms with E-state index in [1.807, 2.05) is 25.1 Å². The Labute approximate surface area is 132 Å². The number of benzene rings is 2. The molecule has 1 unspecified atom stereocenters. The van der Waals surface area contributed by atoms with Gasteiger partial charge in [-0.05, 0) is 49.2 Å². The molecule has 0 aliphatic rings. The molecule has 0 aliphatic carbocycles. The molecule has 0 amide bonds. The van der Waals surface area contributed by atoms with Crippen molar-refractivity contribution in [2.24, 2.45) is 5.73 Å². The van der Waals surface area contributed by atoms with Crippen molar-refractivity contribution >= 4 is 27.7 Å². The molecule has 2 rings (SSSR count). The predicted octanol–water partition coefficient (Wildman–Crippen LogP) is 4.50. The summed E-state index contributed by atoms with van der Waals surface area (Å²) < 4.78 is 6.36. The lowest BCUT2D eigenvalue weighted by atomic mass is 10.1. The van der Waals surface area contributed by atoms with Crippen LogP contribution in [0.15, 0.2) is 56.7 Å². The van der Waals surface area contributed by atoms with Gasteiger partial charge in [0.25, 0.3) is 0 Å². The quantitative estimate of drug-likeness (QED) is 0.861. The lowest BCUT2D eigenvalue weighted by Crippen LogP contribution is -2.17. The molecule has 0 radical (unpaired) electrons. The summed E-state index contributed by atoms with van der Waals surface area (Å²) in [7, 11) is 1.68. The number of hydrogen-bond donors (Lipinski definition) is 1. The van der Waals surface area contributed by atoms with Crippen molar-refractivity contribution in [2.75, 3.05) is 7.11 Å². The van der Waals surface area contributed by atoms with Crippen LogP contribution in [-0.2, 0) is 6.42 Å². The highest BCUT2D eigenvalue weighted by molar-refractivity contribution is 9.10. The summed E-state index contributed by atoms with van der Waals surface area (Å²) in [5.41, 5.74) is 7.09. The molecule has 0 saturated carbocycles. The highest BCUT2D eigenvalue weighted by Crippen LogP contribution is 2.32. The Morgan fingerprint density at radius 1 is 1.20 bits per heavy atom. The van der Waals surface area contributed by atoms with E-state index in [2.05, 4.69) is 40.2 Å². The highest BCUT2D eigenvalue weighted by Gasteiger charge is 2.06. The fraction of sp³-hybridized carbons (Fsp3) is 0.250. The normalized spacial score (nSPS) is 12.2. The molecule has 0 aliphatic heterocycles. The van der Waals surface area contributed by atoms with Gasteiger partial charge in [0.1, 0.15) is 5.75 Å². The third-order valence-corrected chi connectivity index (χ3v) is 4.56. The van der Waals surface area contributed by atoms with Crippen molar-refractivity contribution < 1.29 is 4.74 Å². The van der Waals surface area contributed by atoms with Crippen LogP contribution in [0.1, 0.15) is 12.5 Å². The van der Waals surface area contributed by atoms with E-state index in [1.54, 1.807) is 18.9 Å². The molecule has 2 nitrogen and oxygen atoms in total. The van der Waals surface area contributed by atoms with E-state index in [4.69, 9.17) is 10.5 Å². The molecule has 0 heterocycles.